The lowest BCUT2D eigenvalue weighted by molar-refractivity contribution is -0.146. The SMILES string of the molecule is CC(=O)[C@@H]1CC[C@@H]2[C@@H]3CCC4=CC(=NOCC(=O)N[C@H](C(=O)O)[C@H](O)c5ccccc5)CC[C@]4(C)[C@@H]3CC[C@@]21C. The zero-order valence-electron chi connectivity index (χ0n) is 23.8. The van der Waals surface area contributed by atoms with Crippen LogP contribution in [0.3, 0.4) is 0 Å². The van der Waals surface area contributed by atoms with Crippen molar-refractivity contribution in [1.29, 1.82) is 0 Å². The molecular formula is C32H42N2O6. The highest BCUT2D eigenvalue weighted by Crippen LogP contribution is 2.66. The van der Waals surface area contributed by atoms with Crippen LogP contribution >= 0.6 is 0 Å². The first kappa shape index (κ1) is 28.5. The molecule has 1 aromatic carbocycles. The van der Waals surface area contributed by atoms with Gasteiger partial charge in [0.25, 0.3) is 5.91 Å². The molecule has 4 aliphatic rings. The number of ketones is 1. The number of amides is 1. The van der Waals surface area contributed by atoms with Crippen molar-refractivity contribution in [2.75, 3.05) is 6.61 Å². The molecule has 0 aliphatic heterocycles. The second-order valence-electron chi connectivity index (χ2n) is 12.9. The van der Waals surface area contributed by atoms with Crippen LogP contribution in [0, 0.1) is 34.5 Å². The van der Waals surface area contributed by atoms with E-state index in [1.165, 1.54) is 12.0 Å². The predicted octanol–water partition coefficient (Wildman–Crippen LogP) is 4.83. The van der Waals surface area contributed by atoms with Crippen molar-refractivity contribution >= 4 is 23.4 Å². The number of Topliss-reactive ketones (excluding diaryl/α,β-unsaturated/α-hetero) is 1. The summed E-state index contributed by atoms with van der Waals surface area (Å²) < 4.78 is 0. The molecule has 3 saturated carbocycles. The van der Waals surface area contributed by atoms with Crippen molar-refractivity contribution in [3.63, 3.8) is 0 Å². The van der Waals surface area contributed by atoms with Crippen molar-refractivity contribution in [2.45, 2.75) is 84.3 Å². The number of aliphatic carboxylic acids is 1. The quantitative estimate of drug-likeness (QED) is 0.398. The van der Waals surface area contributed by atoms with E-state index in [0.29, 0.717) is 29.1 Å². The van der Waals surface area contributed by atoms with Crippen molar-refractivity contribution in [3.8, 4) is 0 Å². The second-order valence-corrected chi connectivity index (χ2v) is 12.9. The Bertz CT molecular complexity index is 1210. The number of oxime groups is 1. The number of aliphatic hydroxyl groups excluding tert-OH is 1. The Morgan fingerprint density at radius 2 is 1.80 bits per heavy atom. The summed E-state index contributed by atoms with van der Waals surface area (Å²) in [6, 6.07) is 6.86. The Morgan fingerprint density at radius 1 is 1.05 bits per heavy atom. The summed E-state index contributed by atoms with van der Waals surface area (Å²) in [7, 11) is 0. The molecule has 8 nitrogen and oxygen atoms in total. The van der Waals surface area contributed by atoms with Gasteiger partial charge in [-0.1, -0.05) is 54.9 Å². The number of hydrogen-bond acceptors (Lipinski definition) is 6. The minimum atomic E-state index is -1.50. The van der Waals surface area contributed by atoms with Gasteiger partial charge in [0, 0.05) is 5.92 Å². The van der Waals surface area contributed by atoms with E-state index in [1.807, 2.05) is 0 Å². The summed E-state index contributed by atoms with van der Waals surface area (Å²) in [6.07, 6.45) is 9.17. The summed E-state index contributed by atoms with van der Waals surface area (Å²) in [5.41, 5.74) is 2.88. The van der Waals surface area contributed by atoms with Crippen molar-refractivity contribution in [2.24, 2.45) is 39.7 Å². The number of carboxylic acid groups (broad SMARTS) is 1. The van der Waals surface area contributed by atoms with E-state index in [4.69, 9.17) is 4.84 Å². The van der Waals surface area contributed by atoms with Gasteiger partial charge in [0.05, 0.1) is 5.71 Å². The molecule has 3 N–H and O–H groups in total. The lowest BCUT2D eigenvalue weighted by Crippen LogP contribution is -2.51. The number of carbonyl (C=O) groups excluding carboxylic acids is 2. The van der Waals surface area contributed by atoms with Crippen molar-refractivity contribution < 1.29 is 29.4 Å². The highest BCUT2D eigenvalue weighted by molar-refractivity contribution is 5.96. The molecule has 1 amide bonds. The van der Waals surface area contributed by atoms with E-state index in [1.54, 1.807) is 37.3 Å². The first-order chi connectivity index (χ1) is 19.0. The maximum Gasteiger partial charge on any atom is 0.329 e. The Hall–Kier alpha value is -3.00. The van der Waals surface area contributed by atoms with Gasteiger partial charge in [-0.2, -0.15) is 0 Å². The summed E-state index contributed by atoms with van der Waals surface area (Å²) in [4.78, 5) is 41.9. The van der Waals surface area contributed by atoms with Gasteiger partial charge >= 0.3 is 5.97 Å². The average Bonchev–Trinajstić information content (AvgIpc) is 3.29. The molecular weight excluding hydrogens is 508 g/mol. The van der Waals surface area contributed by atoms with E-state index < -0.39 is 30.6 Å². The van der Waals surface area contributed by atoms with Gasteiger partial charge in [-0.05, 0) is 98.5 Å². The third-order valence-corrected chi connectivity index (χ3v) is 10.9. The van der Waals surface area contributed by atoms with Gasteiger partial charge in [-0.15, -0.1) is 0 Å². The molecule has 0 radical (unpaired) electrons. The van der Waals surface area contributed by atoms with Crippen LogP contribution in [0.1, 0.15) is 83.8 Å². The molecule has 1 aromatic rings. The highest BCUT2D eigenvalue weighted by Gasteiger charge is 2.59. The number of nitrogens with one attached hydrogen (secondary N) is 1. The Labute approximate surface area is 236 Å². The zero-order chi connectivity index (χ0) is 28.7. The van der Waals surface area contributed by atoms with E-state index in [9.17, 15) is 24.6 Å². The third kappa shape index (κ3) is 5.11. The predicted molar refractivity (Wildman–Crippen MR) is 150 cm³/mol. The van der Waals surface area contributed by atoms with Crippen LogP contribution in [-0.2, 0) is 19.2 Å². The minimum Gasteiger partial charge on any atom is -0.480 e. The van der Waals surface area contributed by atoms with Gasteiger partial charge in [0.1, 0.15) is 11.9 Å². The van der Waals surface area contributed by atoms with Gasteiger partial charge in [0.2, 0.25) is 0 Å². The molecule has 0 unspecified atom stereocenters. The number of nitrogens with zero attached hydrogens (tertiary/aromatic N) is 1. The first-order valence-electron chi connectivity index (χ1n) is 14.7. The molecule has 3 fully saturated rings. The Morgan fingerprint density at radius 3 is 2.50 bits per heavy atom. The Kier molecular flexibility index (Phi) is 7.92. The first-order valence-corrected chi connectivity index (χ1v) is 14.7. The number of carbonyl (C=O) groups is 3. The monoisotopic (exact) mass is 550 g/mol. The fourth-order valence-corrected chi connectivity index (χ4v) is 8.82. The van der Waals surface area contributed by atoms with Gasteiger partial charge in [0.15, 0.2) is 12.6 Å². The highest BCUT2D eigenvalue weighted by atomic mass is 16.6. The molecule has 0 heterocycles. The number of allylic oxidation sites excluding steroid dienone is 2. The molecule has 0 spiro atoms. The van der Waals surface area contributed by atoms with E-state index in [-0.39, 0.29) is 16.7 Å². The van der Waals surface area contributed by atoms with E-state index in [2.05, 4.69) is 30.4 Å². The second kappa shape index (κ2) is 11.1. The number of hydrogen-bond donors (Lipinski definition) is 3. The molecule has 5 rings (SSSR count). The zero-order valence-corrected chi connectivity index (χ0v) is 23.8. The molecule has 216 valence electrons. The summed E-state index contributed by atoms with van der Waals surface area (Å²) >= 11 is 0. The van der Waals surface area contributed by atoms with Crippen molar-refractivity contribution in [1.82, 2.24) is 5.32 Å². The smallest absolute Gasteiger partial charge is 0.329 e. The average molecular weight is 551 g/mol. The molecule has 40 heavy (non-hydrogen) atoms. The third-order valence-electron chi connectivity index (χ3n) is 10.9. The van der Waals surface area contributed by atoms with Crippen LogP contribution in [0.15, 0.2) is 47.1 Å². The maximum absolute atomic E-state index is 12.4. The summed E-state index contributed by atoms with van der Waals surface area (Å²) in [6.45, 7) is 6.13. The largest absolute Gasteiger partial charge is 0.480 e. The molecule has 8 heteroatoms. The fraction of sp³-hybridized carbons (Fsp3) is 0.625. The fourth-order valence-electron chi connectivity index (χ4n) is 8.82. The van der Waals surface area contributed by atoms with Gasteiger partial charge in [-0.25, -0.2) is 4.79 Å². The number of carboxylic acids is 1. The number of fused-ring (bicyclic) bond motifs is 5. The lowest BCUT2D eigenvalue weighted by atomic mass is 9.46. The number of aliphatic hydroxyl groups is 1. The van der Waals surface area contributed by atoms with Crippen LogP contribution < -0.4 is 5.32 Å². The molecule has 4 aliphatic carbocycles. The van der Waals surface area contributed by atoms with Crippen LogP contribution in [-0.4, -0.2) is 46.2 Å². The van der Waals surface area contributed by atoms with Crippen LogP contribution in [0.25, 0.3) is 0 Å². The van der Waals surface area contributed by atoms with Crippen LogP contribution in [0.2, 0.25) is 0 Å². The van der Waals surface area contributed by atoms with E-state index in [0.717, 1.165) is 50.7 Å². The minimum absolute atomic E-state index is 0.122. The molecule has 0 aromatic heterocycles. The summed E-state index contributed by atoms with van der Waals surface area (Å²) in [5, 5.41) is 26.6. The Balaban J connectivity index is 1.20. The number of rotatable bonds is 8. The molecule has 0 saturated heterocycles. The van der Waals surface area contributed by atoms with Crippen molar-refractivity contribution in [3.05, 3.63) is 47.5 Å². The normalized spacial score (nSPS) is 35.4. The maximum atomic E-state index is 12.4. The topological polar surface area (TPSA) is 125 Å². The standard InChI is InChI=1S/C32H42N2O6/c1-19(35)24-11-12-25-23-10-9-21-17-22(13-15-31(21,2)26(23)14-16-32(24,25)3)34-40-18-27(36)33-28(30(38)39)29(37)20-7-5-4-6-8-20/h4-8,17,23-26,28-29,37H,9-16,18H2,1-3H3,(H,33,36)(H,38,39)/t23-,24-,25+,26+,28-,29+,31-,32+/m0/s1. The van der Waals surface area contributed by atoms with Crippen LogP contribution in [0.4, 0.5) is 0 Å². The van der Waals surface area contributed by atoms with E-state index >= 15 is 0 Å². The lowest BCUT2D eigenvalue weighted by Gasteiger charge is -2.58. The van der Waals surface area contributed by atoms with Gasteiger partial charge in [-0.3, -0.25) is 9.59 Å². The molecule has 8 atom stereocenters. The number of benzene rings is 1. The summed E-state index contributed by atoms with van der Waals surface area (Å²) in [5.74, 6) is 0.502. The molecule has 0 bridgehead atoms. The van der Waals surface area contributed by atoms with Crippen LogP contribution in [0.5, 0.6) is 0 Å². The van der Waals surface area contributed by atoms with Gasteiger partial charge < -0.3 is 20.4 Å².